The molecule has 0 spiro atoms. The predicted octanol–water partition coefficient (Wildman–Crippen LogP) is 11.0. The fourth-order valence-electron chi connectivity index (χ4n) is 6.65. The van der Waals surface area contributed by atoms with Gasteiger partial charge in [-0.05, 0) is 58.3 Å². The van der Waals surface area contributed by atoms with Crippen LogP contribution in [0.15, 0.2) is 158 Å². The van der Waals surface area contributed by atoms with Gasteiger partial charge in [0.05, 0.1) is 17.6 Å². The smallest absolute Gasteiger partial charge is 0.187 e. The molecule has 0 bridgehead atoms. The van der Waals surface area contributed by atoms with Gasteiger partial charge in [0.25, 0.3) is 0 Å². The zero-order valence-corrected chi connectivity index (χ0v) is 26.7. The normalized spacial score (nSPS) is 11.2. The first-order valence-corrected chi connectivity index (χ1v) is 16.3. The van der Waals surface area contributed by atoms with E-state index in [4.69, 9.17) is 31.5 Å². The number of rotatable bonds is 5. The Morgan fingerprint density at radius 1 is 0.380 bits per heavy atom. The second kappa shape index (κ2) is 12.2. The number of hydrogen-bond donors (Lipinski definition) is 0. The SMILES string of the molecule is [C-]#[N+]c1cccc(-c2cc3c4cccnc4c(-c4cccc(-c5nc(-c6ccccc6)nc(-c6ccccc6)n5)c4)cc3c3cccnc23)c1. The molecular formula is C44H26N6. The molecule has 0 unspecified atom stereocenters. The molecule has 0 amide bonds. The largest absolute Gasteiger partial charge is 0.256 e. The summed E-state index contributed by atoms with van der Waals surface area (Å²) >= 11 is 0. The van der Waals surface area contributed by atoms with Crippen LogP contribution in [0.3, 0.4) is 0 Å². The number of aromatic nitrogens is 5. The lowest BCUT2D eigenvalue weighted by Crippen LogP contribution is -2.00. The summed E-state index contributed by atoms with van der Waals surface area (Å²) in [5.74, 6) is 1.84. The van der Waals surface area contributed by atoms with Crippen molar-refractivity contribution >= 4 is 38.3 Å². The molecule has 0 atom stereocenters. The Labute approximate surface area is 288 Å². The minimum absolute atomic E-state index is 0.596. The lowest BCUT2D eigenvalue weighted by molar-refractivity contribution is 1.07. The molecule has 0 saturated heterocycles. The van der Waals surface area contributed by atoms with Crippen LogP contribution in [0, 0.1) is 6.57 Å². The van der Waals surface area contributed by atoms with Crippen LogP contribution in [0.2, 0.25) is 0 Å². The van der Waals surface area contributed by atoms with E-state index in [1.54, 1.807) is 0 Å². The van der Waals surface area contributed by atoms with E-state index >= 15 is 0 Å². The van der Waals surface area contributed by atoms with Gasteiger partial charge in [0.1, 0.15) is 0 Å². The first-order valence-electron chi connectivity index (χ1n) is 16.3. The summed E-state index contributed by atoms with van der Waals surface area (Å²) in [6.45, 7) is 7.57. The van der Waals surface area contributed by atoms with Gasteiger partial charge in [-0.3, -0.25) is 9.97 Å². The number of benzene rings is 6. The topological polar surface area (TPSA) is 68.8 Å². The van der Waals surface area contributed by atoms with E-state index in [0.29, 0.717) is 23.2 Å². The van der Waals surface area contributed by atoms with Gasteiger partial charge in [-0.1, -0.05) is 109 Å². The second-order valence-electron chi connectivity index (χ2n) is 12.0. The standard InChI is InChI=1S/C44H26N6/c1-45-33-19-9-17-31(25-33)37-27-39-34-20-10-22-46-40(34)36(26-38(39)35-21-11-23-47-41(35)37)30-16-8-18-32(24-30)44-49-42(28-12-4-2-5-13-28)48-43(50-44)29-14-6-3-7-15-29/h2-27H. The molecule has 6 heteroatoms. The Hall–Kier alpha value is -7.10. The average Bonchev–Trinajstić information content (AvgIpc) is 3.20. The van der Waals surface area contributed by atoms with Crippen LogP contribution < -0.4 is 0 Å². The molecule has 0 aliphatic carbocycles. The molecular weight excluding hydrogens is 613 g/mol. The number of pyridine rings is 2. The van der Waals surface area contributed by atoms with Crippen LogP contribution in [0.25, 0.3) is 93.8 Å². The van der Waals surface area contributed by atoms with E-state index in [-0.39, 0.29) is 0 Å². The van der Waals surface area contributed by atoms with Crippen LogP contribution >= 0.6 is 0 Å². The fourth-order valence-corrected chi connectivity index (χ4v) is 6.65. The van der Waals surface area contributed by atoms with Crippen LogP contribution in [0.1, 0.15) is 0 Å². The lowest BCUT2D eigenvalue weighted by atomic mass is 9.90. The zero-order valence-electron chi connectivity index (χ0n) is 26.7. The third-order valence-corrected chi connectivity index (χ3v) is 8.99. The van der Waals surface area contributed by atoms with E-state index in [0.717, 1.165) is 71.5 Å². The Kier molecular flexibility index (Phi) is 7.07. The summed E-state index contributed by atoms with van der Waals surface area (Å²) in [5, 5.41) is 4.23. The highest BCUT2D eigenvalue weighted by Crippen LogP contribution is 2.41. The summed E-state index contributed by atoms with van der Waals surface area (Å²) in [6.07, 6.45) is 3.67. The van der Waals surface area contributed by atoms with Gasteiger partial charge < -0.3 is 0 Å². The highest BCUT2D eigenvalue weighted by atomic mass is 15.0. The average molecular weight is 639 g/mol. The third-order valence-electron chi connectivity index (χ3n) is 8.99. The van der Waals surface area contributed by atoms with E-state index in [1.165, 1.54) is 0 Å². The Morgan fingerprint density at radius 2 is 0.840 bits per heavy atom. The molecule has 9 rings (SSSR count). The minimum Gasteiger partial charge on any atom is -0.256 e. The molecule has 0 aliphatic rings. The molecule has 3 aromatic heterocycles. The van der Waals surface area contributed by atoms with E-state index in [2.05, 4.69) is 41.2 Å². The molecule has 9 aromatic rings. The van der Waals surface area contributed by atoms with Crippen molar-refractivity contribution in [3.05, 3.63) is 169 Å². The third kappa shape index (κ3) is 5.11. The molecule has 0 fully saturated rings. The zero-order chi connectivity index (χ0) is 33.4. The number of nitrogens with zero attached hydrogens (tertiary/aromatic N) is 6. The monoisotopic (exact) mass is 638 g/mol. The van der Waals surface area contributed by atoms with E-state index in [1.807, 2.05) is 122 Å². The van der Waals surface area contributed by atoms with Crippen LogP contribution in [0.5, 0.6) is 0 Å². The Balaban J connectivity index is 1.26. The summed E-state index contributed by atoms with van der Waals surface area (Å²) in [7, 11) is 0. The van der Waals surface area contributed by atoms with Crippen molar-refractivity contribution in [2.24, 2.45) is 0 Å². The molecule has 3 heterocycles. The van der Waals surface area contributed by atoms with Crippen molar-refractivity contribution in [1.82, 2.24) is 24.9 Å². The minimum atomic E-state index is 0.596. The molecule has 50 heavy (non-hydrogen) atoms. The molecule has 0 saturated carbocycles. The van der Waals surface area contributed by atoms with Crippen molar-refractivity contribution in [2.75, 3.05) is 0 Å². The van der Waals surface area contributed by atoms with Gasteiger partial charge in [-0.15, -0.1) is 0 Å². The summed E-state index contributed by atoms with van der Waals surface area (Å²) < 4.78 is 0. The molecule has 6 nitrogen and oxygen atoms in total. The maximum atomic E-state index is 7.57. The first-order chi connectivity index (χ1) is 24.7. The van der Waals surface area contributed by atoms with Gasteiger partial charge in [-0.25, -0.2) is 19.8 Å². The quantitative estimate of drug-likeness (QED) is 0.139. The Bertz CT molecular complexity index is 2710. The van der Waals surface area contributed by atoms with Gasteiger partial charge in [0.2, 0.25) is 0 Å². The summed E-state index contributed by atoms with van der Waals surface area (Å²) in [5.41, 5.74) is 9.05. The van der Waals surface area contributed by atoms with Crippen molar-refractivity contribution in [3.8, 4) is 56.4 Å². The molecule has 0 N–H and O–H groups in total. The molecule has 232 valence electrons. The van der Waals surface area contributed by atoms with Crippen LogP contribution in [-0.4, -0.2) is 24.9 Å². The maximum Gasteiger partial charge on any atom is 0.187 e. The fraction of sp³-hybridized carbons (Fsp3) is 0. The lowest BCUT2D eigenvalue weighted by Gasteiger charge is -2.15. The number of fused-ring (bicyclic) bond motifs is 5. The van der Waals surface area contributed by atoms with Gasteiger partial charge in [-0.2, -0.15) is 0 Å². The van der Waals surface area contributed by atoms with Crippen molar-refractivity contribution < 1.29 is 0 Å². The maximum absolute atomic E-state index is 7.57. The van der Waals surface area contributed by atoms with Crippen LogP contribution in [-0.2, 0) is 0 Å². The first kappa shape index (κ1) is 29.1. The van der Waals surface area contributed by atoms with Crippen molar-refractivity contribution in [2.45, 2.75) is 0 Å². The summed E-state index contributed by atoms with van der Waals surface area (Å²) in [4.78, 5) is 28.3. The highest BCUT2D eigenvalue weighted by Gasteiger charge is 2.18. The van der Waals surface area contributed by atoms with Crippen LogP contribution in [0.4, 0.5) is 5.69 Å². The van der Waals surface area contributed by atoms with Gasteiger partial charge >= 0.3 is 0 Å². The van der Waals surface area contributed by atoms with E-state index in [9.17, 15) is 0 Å². The molecule has 6 aromatic carbocycles. The predicted molar refractivity (Wildman–Crippen MR) is 201 cm³/mol. The van der Waals surface area contributed by atoms with Gasteiger partial charge in [0.15, 0.2) is 23.2 Å². The molecule has 0 aliphatic heterocycles. The summed E-state index contributed by atoms with van der Waals surface area (Å²) in [6, 6.07) is 48.7. The second-order valence-corrected chi connectivity index (χ2v) is 12.0. The van der Waals surface area contributed by atoms with E-state index < -0.39 is 0 Å². The molecule has 0 radical (unpaired) electrons. The van der Waals surface area contributed by atoms with Crippen molar-refractivity contribution in [1.29, 1.82) is 0 Å². The Morgan fingerprint density at radius 3 is 1.38 bits per heavy atom. The number of hydrogen-bond acceptors (Lipinski definition) is 5. The highest BCUT2D eigenvalue weighted by molar-refractivity contribution is 6.22. The van der Waals surface area contributed by atoms with Gasteiger partial charge in [0, 0.05) is 51.0 Å². The van der Waals surface area contributed by atoms with Crippen molar-refractivity contribution in [3.63, 3.8) is 0 Å².